The lowest BCUT2D eigenvalue weighted by Gasteiger charge is -1.99. The number of ether oxygens (including phenoxy) is 2. The van der Waals surface area contributed by atoms with Gasteiger partial charge in [0, 0.05) is 20.3 Å². The van der Waals surface area contributed by atoms with Gasteiger partial charge < -0.3 is 14.6 Å². The van der Waals surface area contributed by atoms with Gasteiger partial charge in [0.1, 0.15) is 0 Å². The van der Waals surface area contributed by atoms with Crippen molar-refractivity contribution in [3.8, 4) is 0 Å². The molecule has 0 radical (unpaired) electrons. The number of carbonyl (C=O) groups is 5. The molecule has 0 aliphatic heterocycles. The predicted octanol–water partition coefficient (Wildman–Crippen LogP) is 0.817. The maximum atomic E-state index is 10.7. The van der Waals surface area contributed by atoms with Crippen LogP contribution in [0.4, 0.5) is 0 Å². The Kier molecular flexibility index (Phi) is 11.9. The third-order valence-electron chi connectivity index (χ3n) is 1.51. The molecule has 0 aliphatic rings. The van der Waals surface area contributed by atoms with Crippen molar-refractivity contribution in [3.05, 3.63) is 0 Å². The van der Waals surface area contributed by atoms with Crippen molar-refractivity contribution in [2.45, 2.75) is 46.5 Å². The summed E-state index contributed by atoms with van der Waals surface area (Å²) in [6.07, 6.45) is 0.451. The Bertz CT molecular complexity index is 344. The van der Waals surface area contributed by atoms with Gasteiger partial charge in [0.25, 0.3) is 0 Å². The molecule has 0 aromatic rings. The summed E-state index contributed by atoms with van der Waals surface area (Å²) < 4.78 is 8.27. The van der Waals surface area contributed by atoms with E-state index in [2.05, 4.69) is 9.47 Å². The lowest BCUT2D eigenvalue weighted by Crippen LogP contribution is -2.14. The fourth-order valence-electron chi connectivity index (χ4n) is 0.841. The molecule has 8 nitrogen and oxygen atoms in total. The van der Waals surface area contributed by atoms with E-state index in [1.807, 2.05) is 6.92 Å². The van der Waals surface area contributed by atoms with E-state index in [0.717, 1.165) is 20.3 Å². The monoisotopic (exact) mass is 290 g/mol. The highest BCUT2D eigenvalue weighted by molar-refractivity contribution is 5.88. The Morgan fingerprint density at radius 3 is 1.30 bits per heavy atom. The second-order valence-electron chi connectivity index (χ2n) is 3.58. The van der Waals surface area contributed by atoms with Crippen LogP contribution in [0.5, 0.6) is 0 Å². The SMILES string of the molecule is CC(=O)OC(=O)CCC(=O)OC(C)=O.CCCC(=O)O. The molecule has 114 valence electrons. The van der Waals surface area contributed by atoms with Crippen LogP contribution in [0.2, 0.25) is 0 Å². The van der Waals surface area contributed by atoms with Gasteiger partial charge in [-0.3, -0.25) is 24.0 Å². The standard InChI is InChI=1S/C8H10O6.C4H8O2/c1-5(9)13-7(11)3-4-8(12)14-6(2)10;1-2-3-4(5)6/h3-4H2,1-2H3;2-3H2,1H3,(H,5,6). The van der Waals surface area contributed by atoms with Gasteiger partial charge in [-0.25, -0.2) is 0 Å². The summed E-state index contributed by atoms with van der Waals surface area (Å²) in [4.78, 5) is 51.5. The molecule has 0 rings (SSSR count). The van der Waals surface area contributed by atoms with Crippen molar-refractivity contribution in [1.82, 2.24) is 0 Å². The lowest BCUT2D eigenvalue weighted by molar-refractivity contribution is -0.163. The first-order chi connectivity index (χ1) is 9.18. The highest BCUT2D eigenvalue weighted by Crippen LogP contribution is 1.96. The van der Waals surface area contributed by atoms with Gasteiger partial charge in [0.2, 0.25) is 0 Å². The minimum atomic E-state index is -0.821. The summed E-state index contributed by atoms with van der Waals surface area (Å²) in [5.41, 5.74) is 0. The second kappa shape index (κ2) is 11.8. The molecule has 0 aromatic carbocycles. The van der Waals surface area contributed by atoms with Gasteiger partial charge in [-0.05, 0) is 6.42 Å². The normalized spacial score (nSPS) is 8.75. The van der Waals surface area contributed by atoms with Crippen LogP contribution in [-0.2, 0) is 33.4 Å². The first-order valence-electron chi connectivity index (χ1n) is 5.83. The maximum Gasteiger partial charge on any atom is 0.314 e. The summed E-state index contributed by atoms with van der Waals surface area (Å²) in [6, 6.07) is 0. The van der Waals surface area contributed by atoms with E-state index in [9.17, 15) is 24.0 Å². The molecule has 0 aromatic heterocycles. The first kappa shape index (κ1) is 20.1. The molecular formula is C12H18O8. The summed E-state index contributed by atoms with van der Waals surface area (Å²) in [5, 5.41) is 7.91. The van der Waals surface area contributed by atoms with E-state index >= 15 is 0 Å². The van der Waals surface area contributed by atoms with Crippen LogP contribution in [0.1, 0.15) is 46.5 Å². The van der Waals surface area contributed by atoms with Gasteiger partial charge in [-0.2, -0.15) is 0 Å². The van der Waals surface area contributed by atoms with Crippen LogP contribution in [0.3, 0.4) is 0 Å². The van der Waals surface area contributed by atoms with Gasteiger partial charge in [0.05, 0.1) is 12.8 Å². The average Bonchev–Trinajstić information content (AvgIpc) is 2.25. The Labute approximate surface area is 116 Å². The fourth-order valence-corrected chi connectivity index (χ4v) is 0.841. The van der Waals surface area contributed by atoms with Crippen LogP contribution in [-0.4, -0.2) is 35.0 Å². The van der Waals surface area contributed by atoms with Gasteiger partial charge >= 0.3 is 29.8 Å². The molecule has 0 amide bonds. The lowest BCUT2D eigenvalue weighted by atomic mass is 10.3. The first-order valence-corrected chi connectivity index (χ1v) is 5.83. The zero-order chi connectivity index (χ0) is 16.1. The van der Waals surface area contributed by atoms with Gasteiger partial charge in [0.15, 0.2) is 0 Å². The summed E-state index contributed by atoms with van der Waals surface area (Å²) in [6.45, 7) is 3.99. The van der Waals surface area contributed by atoms with E-state index in [0.29, 0.717) is 6.42 Å². The average molecular weight is 290 g/mol. The molecular weight excluding hydrogens is 272 g/mol. The number of carbonyl (C=O) groups excluding carboxylic acids is 4. The number of aliphatic carboxylic acids is 1. The molecule has 0 unspecified atom stereocenters. The zero-order valence-corrected chi connectivity index (χ0v) is 11.6. The molecule has 8 heteroatoms. The summed E-state index contributed by atoms with van der Waals surface area (Å²) in [7, 11) is 0. The van der Waals surface area contributed by atoms with E-state index in [1.54, 1.807) is 0 Å². The van der Waals surface area contributed by atoms with Crippen molar-refractivity contribution in [2.75, 3.05) is 0 Å². The highest BCUT2D eigenvalue weighted by atomic mass is 16.6. The molecule has 0 spiro atoms. The molecule has 1 N–H and O–H groups in total. The fraction of sp³-hybridized carbons (Fsp3) is 0.583. The molecule has 0 aliphatic carbocycles. The topological polar surface area (TPSA) is 124 Å². The van der Waals surface area contributed by atoms with Crippen LogP contribution < -0.4 is 0 Å². The van der Waals surface area contributed by atoms with E-state index in [4.69, 9.17) is 5.11 Å². The highest BCUT2D eigenvalue weighted by Gasteiger charge is 2.11. The molecule has 0 heterocycles. The van der Waals surface area contributed by atoms with Gasteiger partial charge in [-0.15, -0.1) is 0 Å². The number of rotatable bonds is 5. The molecule has 0 bridgehead atoms. The summed E-state index contributed by atoms with van der Waals surface area (Å²) in [5.74, 6) is -3.83. The molecule has 0 saturated heterocycles. The van der Waals surface area contributed by atoms with Crippen LogP contribution in [0.25, 0.3) is 0 Å². The molecule has 0 saturated carbocycles. The van der Waals surface area contributed by atoms with Crippen LogP contribution in [0.15, 0.2) is 0 Å². The molecule has 20 heavy (non-hydrogen) atoms. The van der Waals surface area contributed by atoms with E-state index in [1.165, 1.54) is 0 Å². The third-order valence-corrected chi connectivity index (χ3v) is 1.51. The van der Waals surface area contributed by atoms with Crippen molar-refractivity contribution in [1.29, 1.82) is 0 Å². The van der Waals surface area contributed by atoms with Crippen LogP contribution >= 0.6 is 0 Å². The second-order valence-corrected chi connectivity index (χ2v) is 3.58. The minimum Gasteiger partial charge on any atom is -0.481 e. The minimum absolute atomic E-state index is 0.286. The number of hydrogen-bond acceptors (Lipinski definition) is 7. The van der Waals surface area contributed by atoms with Crippen molar-refractivity contribution < 1.29 is 38.6 Å². The Hall–Kier alpha value is -2.25. The van der Waals surface area contributed by atoms with E-state index < -0.39 is 29.8 Å². The quantitative estimate of drug-likeness (QED) is 0.582. The van der Waals surface area contributed by atoms with Gasteiger partial charge in [-0.1, -0.05) is 6.92 Å². The predicted molar refractivity (Wildman–Crippen MR) is 65.3 cm³/mol. The Morgan fingerprint density at radius 2 is 1.15 bits per heavy atom. The van der Waals surface area contributed by atoms with E-state index in [-0.39, 0.29) is 12.8 Å². The van der Waals surface area contributed by atoms with Crippen molar-refractivity contribution in [3.63, 3.8) is 0 Å². The Morgan fingerprint density at radius 1 is 0.800 bits per heavy atom. The van der Waals surface area contributed by atoms with Crippen molar-refractivity contribution in [2.24, 2.45) is 0 Å². The smallest absolute Gasteiger partial charge is 0.314 e. The number of esters is 4. The molecule has 0 fully saturated rings. The Balaban J connectivity index is 0. The number of hydrogen-bond donors (Lipinski definition) is 1. The largest absolute Gasteiger partial charge is 0.481 e. The van der Waals surface area contributed by atoms with Crippen molar-refractivity contribution >= 4 is 29.8 Å². The maximum absolute atomic E-state index is 10.7. The molecule has 0 atom stereocenters. The number of carboxylic acid groups (broad SMARTS) is 1. The number of carboxylic acids is 1. The third kappa shape index (κ3) is 18.1. The summed E-state index contributed by atoms with van der Waals surface area (Å²) >= 11 is 0. The zero-order valence-electron chi connectivity index (χ0n) is 11.6. The van der Waals surface area contributed by atoms with Crippen LogP contribution in [0, 0.1) is 0 Å².